The van der Waals surface area contributed by atoms with Gasteiger partial charge in [-0.2, -0.15) is 0 Å². The van der Waals surface area contributed by atoms with Crippen molar-refractivity contribution in [1.82, 2.24) is 15.3 Å². The predicted molar refractivity (Wildman–Crippen MR) is 107 cm³/mol. The molecule has 142 valence electrons. The van der Waals surface area contributed by atoms with Crippen molar-refractivity contribution < 1.29 is 14.6 Å². The third-order valence-corrected chi connectivity index (χ3v) is 2.97. The molecule has 0 aliphatic rings. The monoisotopic (exact) mass is 368 g/mol. The van der Waals surface area contributed by atoms with Crippen LogP contribution >= 0.6 is 0 Å². The van der Waals surface area contributed by atoms with Gasteiger partial charge in [0.15, 0.2) is 5.75 Å². The minimum Gasteiger partial charge on any atom is -0.454 e. The Hall–Kier alpha value is -3.45. The second-order valence-electron chi connectivity index (χ2n) is 4.95. The topological polar surface area (TPSA) is 96.4 Å². The summed E-state index contributed by atoms with van der Waals surface area (Å²) in [5, 5.41) is 12.5. The average Bonchev–Trinajstić information content (AvgIpc) is 2.70. The number of benzene rings is 1. The first kappa shape index (κ1) is 21.6. The van der Waals surface area contributed by atoms with Crippen molar-refractivity contribution in [1.29, 1.82) is 0 Å². The van der Waals surface area contributed by atoms with Gasteiger partial charge in [0.1, 0.15) is 12.1 Å². The van der Waals surface area contributed by atoms with Crippen molar-refractivity contribution in [2.45, 2.75) is 13.3 Å². The Morgan fingerprint density at radius 3 is 2.44 bits per heavy atom. The van der Waals surface area contributed by atoms with Crippen molar-refractivity contribution in [3.05, 3.63) is 79.6 Å². The van der Waals surface area contributed by atoms with E-state index in [4.69, 9.17) is 9.84 Å². The minimum absolute atomic E-state index is 0.334. The summed E-state index contributed by atoms with van der Waals surface area (Å²) < 4.78 is 5.60. The van der Waals surface area contributed by atoms with Crippen molar-refractivity contribution in [2.24, 2.45) is 0 Å². The SMILES string of the molecule is C=C/C=C(\C=C/CC)NC(=O)Nc1ccc(Oc2cncnc2)cc1.CO. The van der Waals surface area contributed by atoms with Crippen LogP contribution in [0.5, 0.6) is 11.5 Å². The van der Waals surface area contributed by atoms with Crippen LogP contribution in [0, 0.1) is 0 Å². The molecule has 2 rings (SSSR count). The molecule has 2 amide bonds. The van der Waals surface area contributed by atoms with E-state index < -0.39 is 0 Å². The number of carbonyl (C=O) groups is 1. The van der Waals surface area contributed by atoms with Gasteiger partial charge in [0.2, 0.25) is 0 Å². The summed E-state index contributed by atoms with van der Waals surface area (Å²) in [7, 11) is 1.00. The molecule has 0 aliphatic heterocycles. The number of amides is 2. The molecule has 1 aromatic heterocycles. The number of aliphatic hydroxyl groups excluding tert-OH is 1. The van der Waals surface area contributed by atoms with Gasteiger partial charge in [-0.25, -0.2) is 14.8 Å². The van der Waals surface area contributed by atoms with Crippen molar-refractivity contribution in [2.75, 3.05) is 12.4 Å². The maximum atomic E-state index is 12.1. The molecule has 0 saturated heterocycles. The van der Waals surface area contributed by atoms with Gasteiger partial charge in [-0.15, -0.1) is 0 Å². The van der Waals surface area contributed by atoms with Gasteiger partial charge >= 0.3 is 6.03 Å². The van der Waals surface area contributed by atoms with Crippen LogP contribution < -0.4 is 15.4 Å². The molecule has 0 fully saturated rings. The Bertz CT molecular complexity index is 757. The summed E-state index contributed by atoms with van der Waals surface area (Å²) in [4.78, 5) is 19.8. The van der Waals surface area contributed by atoms with Gasteiger partial charge < -0.3 is 20.5 Å². The molecule has 1 aromatic carbocycles. The number of aliphatic hydroxyl groups is 1. The van der Waals surface area contributed by atoms with E-state index in [-0.39, 0.29) is 6.03 Å². The first-order chi connectivity index (χ1) is 13.2. The maximum absolute atomic E-state index is 12.1. The fourth-order valence-corrected chi connectivity index (χ4v) is 1.88. The smallest absolute Gasteiger partial charge is 0.323 e. The number of hydrogen-bond donors (Lipinski definition) is 3. The lowest BCUT2D eigenvalue weighted by atomic mass is 10.3. The van der Waals surface area contributed by atoms with Crippen LogP contribution in [-0.2, 0) is 0 Å². The van der Waals surface area contributed by atoms with Gasteiger partial charge in [-0.3, -0.25) is 0 Å². The molecular weight excluding hydrogens is 344 g/mol. The molecular formula is C20H24N4O3. The van der Waals surface area contributed by atoms with Crippen LogP contribution in [0.25, 0.3) is 0 Å². The van der Waals surface area contributed by atoms with E-state index in [2.05, 4.69) is 27.2 Å². The van der Waals surface area contributed by atoms with Crippen LogP contribution in [0.2, 0.25) is 0 Å². The second kappa shape index (κ2) is 12.8. The Morgan fingerprint density at radius 2 is 1.85 bits per heavy atom. The van der Waals surface area contributed by atoms with Gasteiger partial charge in [-0.05, 0) is 42.8 Å². The minimum atomic E-state index is -0.334. The second-order valence-corrected chi connectivity index (χ2v) is 4.95. The molecule has 0 bridgehead atoms. The normalized spacial score (nSPS) is 10.6. The van der Waals surface area contributed by atoms with E-state index in [1.165, 1.54) is 6.33 Å². The number of hydrogen-bond acceptors (Lipinski definition) is 5. The number of urea groups is 1. The lowest BCUT2D eigenvalue weighted by Gasteiger charge is -2.09. The number of nitrogens with zero attached hydrogens (tertiary/aromatic N) is 2. The summed E-state index contributed by atoms with van der Waals surface area (Å²) >= 11 is 0. The van der Waals surface area contributed by atoms with Gasteiger partial charge in [0, 0.05) is 18.5 Å². The highest BCUT2D eigenvalue weighted by Gasteiger charge is 2.04. The van der Waals surface area contributed by atoms with E-state index in [0.29, 0.717) is 22.9 Å². The third kappa shape index (κ3) is 8.46. The van der Waals surface area contributed by atoms with Crippen LogP contribution in [0.15, 0.2) is 79.6 Å². The molecule has 0 aliphatic carbocycles. The number of nitrogens with one attached hydrogen (secondary N) is 2. The Kier molecular flexibility index (Phi) is 10.3. The predicted octanol–water partition coefficient (Wildman–Crippen LogP) is 4.04. The molecule has 0 unspecified atom stereocenters. The highest BCUT2D eigenvalue weighted by Crippen LogP contribution is 2.21. The Balaban J connectivity index is 0.00000176. The average molecular weight is 368 g/mol. The van der Waals surface area contributed by atoms with Crippen LogP contribution in [0.3, 0.4) is 0 Å². The van der Waals surface area contributed by atoms with Gasteiger partial charge in [-0.1, -0.05) is 25.7 Å². The van der Waals surface area contributed by atoms with Crippen molar-refractivity contribution in [3.8, 4) is 11.5 Å². The van der Waals surface area contributed by atoms with Crippen LogP contribution in [0.1, 0.15) is 13.3 Å². The Morgan fingerprint density at radius 1 is 1.19 bits per heavy atom. The lowest BCUT2D eigenvalue weighted by Crippen LogP contribution is -2.27. The summed E-state index contributed by atoms with van der Waals surface area (Å²) in [6.45, 7) is 5.66. The molecule has 2 aromatic rings. The van der Waals surface area contributed by atoms with E-state index in [1.54, 1.807) is 48.8 Å². The standard InChI is InChI=1S/C19H20N4O2.CH4O/c1-3-5-7-15(6-4-2)22-19(24)23-16-8-10-17(11-9-16)25-18-12-20-14-21-13-18;1-2/h4-14H,2-3H2,1H3,(H2,22,23,24);2H,1H3/b7-5-,15-6+;. The zero-order valence-corrected chi connectivity index (χ0v) is 15.4. The first-order valence-electron chi connectivity index (χ1n) is 8.26. The van der Waals surface area contributed by atoms with E-state index in [9.17, 15) is 4.79 Å². The van der Waals surface area contributed by atoms with Gasteiger partial charge in [0.05, 0.1) is 12.4 Å². The number of aromatic nitrogens is 2. The van der Waals surface area contributed by atoms with Crippen molar-refractivity contribution >= 4 is 11.7 Å². The highest BCUT2D eigenvalue weighted by atomic mass is 16.5. The molecule has 3 N–H and O–H groups in total. The van der Waals surface area contributed by atoms with E-state index in [1.807, 2.05) is 19.1 Å². The number of carbonyl (C=O) groups excluding carboxylic acids is 1. The lowest BCUT2D eigenvalue weighted by molar-refractivity contribution is 0.254. The van der Waals surface area contributed by atoms with Gasteiger partial charge in [0.25, 0.3) is 0 Å². The first-order valence-corrected chi connectivity index (χ1v) is 8.26. The zero-order chi connectivity index (χ0) is 19.9. The van der Waals surface area contributed by atoms with Crippen LogP contribution in [-0.4, -0.2) is 28.2 Å². The highest BCUT2D eigenvalue weighted by molar-refractivity contribution is 5.90. The molecule has 27 heavy (non-hydrogen) atoms. The molecule has 1 heterocycles. The summed E-state index contributed by atoms with van der Waals surface area (Å²) in [5.74, 6) is 1.17. The van der Waals surface area contributed by atoms with E-state index in [0.717, 1.165) is 13.5 Å². The number of ether oxygens (including phenoxy) is 1. The quantitative estimate of drug-likeness (QED) is 0.641. The molecule has 7 nitrogen and oxygen atoms in total. The van der Waals surface area contributed by atoms with E-state index >= 15 is 0 Å². The number of rotatable bonds is 7. The number of anilines is 1. The Labute approximate surface area is 159 Å². The molecule has 0 radical (unpaired) electrons. The molecule has 7 heteroatoms. The molecule has 0 saturated carbocycles. The van der Waals surface area contributed by atoms with Crippen molar-refractivity contribution in [3.63, 3.8) is 0 Å². The molecule has 0 spiro atoms. The number of allylic oxidation sites excluding steroid dienone is 4. The fraction of sp³-hybridized carbons (Fsp3) is 0.150. The van der Waals surface area contributed by atoms with Crippen LogP contribution in [0.4, 0.5) is 10.5 Å². The maximum Gasteiger partial charge on any atom is 0.323 e. The summed E-state index contributed by atoms with van der Waals surface area (Å²) in [5.41, 5.74) is 1.31. The largest absolute Gasteiger partial charge is 0.454 e. The summed E-state index contributed by atoms with van der Waals surface area (Å²) in [6.07, 6.45) is 12.6. The third-order valence-electron chi connectivity index (χ3n) is 2.97. The zero-order valence-electron chi connectivity index (χ0n) is 15.4. The molecule has 0 atom stereocenters. The fourth-order valence-electron chi connectivity index (χ4n) is 1.88. The summed E-state index contributed by atoms with van der Waals surface area (Å²) in [6, 6.07) is 6.66.